The van der Waals surface area contributed by atoms with E-state index in [-0.39, 0.29) is 29.8 Å². The van der Waals surface area contributed by atoms with Gasteiger partial charge in [0.2, 0.25) is 0 Å². The number of carbonyl (C=O) groups is 1. The number of hydrogen-bond donors (Lipinski definition) is 2. The predicted octanol–water partition coefficient (Wildman–Crippen LogP) is 3.11. The molecule has 3 N–H and O–H groups in total. The Bertz CT molecular complexity index is 456. The lowest BCUT2D eigenvalue weighted by Crippen LogP contribution is -2.55. The van der Waals surface area contributed by atoms with E-state index >= 15 is 0 Å². The molecule has 0 aliphatic carbocycles. The van der Waals surface area contributed by atoms with Crippen molar-refractivity contribution in [3.05, 3.63) is 34.1 Å². The smallest absolute Gasteiger partial charge is 0.253 e. The molecule has 0 saturated heterocycles. The van der Waals surface area contributed by atoms with Crippen LogP contribution < -0.4 is 11.1 Å². The van der Waals surface area contributed by atoms with Crippen LogP contribution >= 0.6 is 28.3 Å². The lowest BCUT2D eigenvalue weighted by Gasteiger charge is -2.33. The van der Waals surface area contributed by atoms with E-state index in [4.69, 9.17) is 5.73 Å². The van der Waals surface area contributed by atoms with Gasteiger partial charge in [-0.15, -0.1) is 12.4 Å². The highest BCUT2D eigenvalue weighted by molar-refractivity contribution is 9.10. The second-order valence-electron chi connectivity index (χ2n) is 4.85. The van der Waals surface area contributed by atoms with E-state index in [0.717, 1.165) is 0 Å². The van der Waals surface area contributed by atoms with Crippen molar-refractivity contribution in [2.45, 2.75) is 26.3 Å². The highest BCUT2D eigenvalue weighted by Gasteiger charge is 2.29. The van der Waals surface area contributed by atoms with Crippen molar-refractivity contribution in [1.29, 1.82) is 0 Å². The van der Waals surface area contributed by atoms with Crippen LogP contribution in [-0.4, -0.2) is 18.0 Å². The Labute approximate surface area is 127 Å². The zero-order valence-electron chi connectivity index (χ0n) is 11.2. The molecule has 19 heavy (non-hydrogen) atoms. The summed E-state index contributed by atoms with van der Waals surface area (Å²) in [5.41, 5.74) is 5.46. The molecule has 1 aromatic rings. The molecule has 1 aromatic carbocycles. The summed E-state index contributed by atoms with van der Waals surface area (Å²) in [7, 11) is 0. The van der Waals surface area contributed by atoms with Gasteiger partial charge in [0.15, 0.2) is 0 Å². The van der Waals surface area contributed by atoms with Crippen LogP contribution in [0.2, 0.25) is 0 Å². The first-order valence-electron chi connectivity index (χ1n) is 5.78. The molecule has 0 fully saturated rings. The first-order chi connectivity index (χ1) is 8.30. The molecule has 0 aliphatic rings. The summed E-state index contributed by atoms with van der Waals surface area (Å²) in [5, 5.41) is 2.87. The number of nitrogens with one attached hydrogen (secondary N) is 1. The van der Waals surface area contributed by atoms with Gasteiger partial charge in [0.1, 0.15) is 5.82 Å². The van der Waals surface area contributed by atoms with E-state index in [9.17, 15) is 9.18 Å². The molecule has 0 spiro atoms. The van der Waals surface area contributed by atoms with E-state index in [0.29, 0.717) is 11.0 Å². The Morgan fingerprint density at radius 3 is 2.58 bits per heavy atom. The van der Waals surface area contributed by atoms with Gasteiger partial charge in [-0.3, -0.25) is 4.79 Å². The van der Waals surface area contributed by atoms with Crippen LogP contribution in [-0.2, 0) is 0 Å². The van der Waals surface area contributed by atoms with Gasteiger partial charge in [-0.05, 0) is 47.0 Å². The Balaban J connectivity index is 0.00000324. The maximum atomic E-state index is 13.2. The van der Waals surface area contributed by atoms with Crippen LogP contribution in [0.4, 0.5) is 4.39 Å². The maximum absolute atomic E-state index is 13.2. The molecule has 6 heteroatoms. The number of nitrogens with two attached hydrogens (primary N) is 1. The third-order valence-electron chi connectivity index (χ3n) is 3.27. The highest BCUT2D eigenvalue weighted by atomic mass is 79.9. The molecule has 0 aliphatic heterocycles. The molecule has 0 saturated carbocycles. The molecular formula is C13H19BrClFN2O. The number of halogens is 3. The van der Waals surface area contributed by atoms with Crippen molar-refractivity contribution in [2.75, 3.05) is 6.54 Å². The van der Waals surface area contributed by atoms with Crippen molar-refractivity contribution in [1.82, 2.24) is 5.32 Å². The Morgan fingerprint density at radius 2 is 2.11 bits per heavy atom. The average molecular weight is 354 g/mol. The molecule has 1 amide bonds. The zero-order chi connectivity index (χ0) is 13.9. The van der Waals surface area contributed by atoms with E-state index in [1.54, 1.807) is 0 Å². The largest absolute Gasteiger partial charge is 0.345 e. The lowest BCUT2D eigenvalue weighted by atomic mass is 9.88. The molecule has 0 heterocycles. The minimum atomic E-state index is -0.511. The number of carbonyl (C=O) groups excluding carboxylic acids is 1. The third kappa shape index (κ3) is 4.44. The molecule has 1 unspecified atom stereocenters. The Hall–Kier alpha value is -0.650. The second kappa shape index (κ2) is 7.22. The van der Waals surface area contributed by atoms with Crippen molar-refractivity contribution in [3.63, 3.8) is 0 Å². The molecule has 0 aromatic heterocycles. The van der Waals surface area contributed by atoms with E-state index in [1.807, 2.05) is 20.8 Å². The maximum Gasteiger partial charge on any atom is 0.253 e. The fraction of sp³-hybridized carbons (Fsp3) is 0.462. The summed E-state index contributed by atoms with van der Waals surface area (Å²) in [6.07, 6.45) is 0. The lowest BCUT2D eigenvalue weighted by molar-refractivity contribution is 0.0882. The van der Waals surface area contributed by atoms with E-state index < -0.39 is 11.4 Å². The van der Waals surface area contributed by atoms with Gasteiger partial charge < -0.3 is 11.1 Å². The van der Waals surface area contributed by atoms with Crippen molar-refractivity contribution in [2.24, 2.45) is 11.7 Å². The fourth-order valence-corrected chi connectivity index (χ4v) is 1.86. The molecule has 0 radical (unpaired) electrons. The van der Waals surface area contributed by atoms with Crippen LogP contribution in [0.5, 0.6) is 0 Å². The van der Waals surface area contributed by atoms with Crippen LogP contribution in [0.15, 0.2) is 22.7 Å². The van der Waals surface area contributed by atoms with Crippen LogP contribution in [0.3, 0.4) is 0 Å². The first kappa shape index (κ1) is 18.4. The fourth-order valence-electron chi connectivity index (χ4n) is 1.43. The van der Waals surface area contributed by atoms with Gasteiger partial charge in [-0.25, -0.2) is 4.39 Å². The molecule has 0 bridgehead atoms. The quantitative estimate of drug-likeness (QED) is 0.874. The molecular weight excluding hydrogens is 335 g/mol. The predicted molar refractivity (Wildman–Crippen MR) is 81.1 cm³/mol. The van der Waals surface area contributed by atoms with Gasteiger partial charge in [-0.1, -0.05) is 13.8 Å². The Kier molecular flexibility index (Phi) is 6.97. The molecule has 1 rings (SSSR count). The van der Waals surface area contributed by atoms with Crippen LogP contribution in [0.1, 0.15) is 31.1 Å². The van der Waals surface area contributed by atoms with E-state index in [1.165, 1.54) is 18.2 Å². The van der Waals surface area contributed by atoms with Gasteiger partial charge in [0.25, 0.3) is 5.91 Å². The minimum absolute atomic E-state index is 0. The summed E-state index contributed by atoms with van der Waals surface area (Å²) < 4.78 is 13.7. The third-order valence-corrected chi connectivity index (χ3v) is 3.96. The summed E-state index contributed by atoms with van der Waals surface area (Å²) in [4.78, 5) is 12.1. The molecule has 1 atom stereocenters. The van der Waals surface area contributed by atoms with Gasteiger partial charge in [0.05, 0.1) is 11.1 Å². The number of hydrogen-bond acceptors (Lipinski definition) is 2. The zero-order valence-corrected chi connectivity index (χ0v) is 13.6. The van der Waals surface area contributed by atoms with Crippen LogP contribution in [0, 0.1) is 11.7 Å². The summed E-state index contributed by atoms with van der Waals surface area (Å²) in [6, 6.07) is 4.02. The van der Waals surface area contributed by atoms with Gasteiger partial charge in [-0.2, -0.15) is 0 Å². The first-order valence-corrected chi connectivity index (χ1v) is 6.57. The van der Waals surface area contributed by atoms with E-state index in [2.05, 4.69) is 21.2 Å². The summed E-state index contributed by atoms with van der Waals surface area (Å²) >= 11 is 3.24. The topological polar surface area (TPSA) is 55.1 Å². The van der Waals surface area contributed by atoms with Crippen molar-refractivity contribution < 1.29 is 9.18 Å². The highest BCUT2D eigenvalue weighted by Crippen LogP contribution is 2.20. The molecule has 108 valence electrons. The van der Waals surface area contributed by atoms with Crippen molar-refractivity contribution in [3.8, 4) is 0 Å². The standard InChI is InChI=1S/C13H18BrFN2O.ClH/c1-8(2)13(3,7-16)17-12(18)10-6-9(15)4-5-11(10)14;/h4-6,8H,7,16H2,1-3H3,(H,17,18);1H. The summed E-state index contributed by atoms with van der Waals surface area (Å²) in [6.45, 7) is 6.16. The Morgan fingerprint density at radius 1 is 1.53 bits per heavy atom. The average Bonchev–Trinajstić information content (AvgIpc) is 2.31. The van der Waals surface area contributed by atoms with Crippen molar-refractivity contribution >= 4 is 34.2 Å². The SMILES string of the molecule is CC(C)C(C)(CN)NC(=O)c1cc(F)ccc1Br.Cl. The van der Waals surface area contributed by atoms with Crippen LogP contribution in [0.25, 0.3) is 0 Å². The summed E-state index contributed by atoms with van der Waals surface area (Å²) in [5.74, 6) is -0.593. The van der Waals surface area contributed by atoms with Gasteiger partial charge in [0, 0.05) is 11.0 Å². The number of rotatable bonds is 4. The monoisotopic (exact) mass is 352 g/mol. The minimum Gasteiger partial charge on any atom is -0.345 e. The normalized spacial score (nSPS) is 13.6. The van der Waals surface area contributed by atoms with Gasteiger partial charge >= 0.3 is 0 Å². The second-order valence-corrected chi connectivity index (χ2v) is 5.71. The number of amides is 1. The molecule has 3 nitrogen and oxygen atoms in total. The number of benzene rings is 1.